The predicted octanol–water partition coefficient (Wildman–Crippen LogP) is 2.40. The molecule has 1 aromatic rings. The second kappa shape index (κ2) is 9.64. The third-order valence-corrected chi connectivity index (χ3v) is 3.01. The smallest absolute Gasteiger partial charge is 0.407 e. The van der Waals surface area contributed by atoms with Crippen LogP contribution in [-0.2, 0) is 4.74 Å². The van der Waals surface area contributed by atoms with Gasteiger partial charge < -0.3 is 15.4 Å². The number of anilines is 2. The first-order chi connectivity index (χ1) is 12.5. The Morgan fingerprint density at radius 2 is 2.00 bits per heavy atom. The number of halogens is 1. The first-order valence-corrected chi connectivity index (χ1v) is 8.40. The Labute approximate surface area is 157 Å². The molecule has 10 nitrogen and oxygen atoms in total. The third-order valence-electron chi connectivity index (χ3n) is 3.01. The lowest BCUT2D eigenvalue weighted by molar-refractivity contribution is 0.0530. The molecule has 3 amide bonds. The highest BCUT2D eigenvalue weighted by Crippen LogP contribution is 2.12. The zero-order chi connectivity index (χ0) is 20.6. The molecule has 1 heterocycles. The fraction of sp³-hybridized carbons (Fsp3) is 0.562. The number of rotatable bonds is 6. The van der Waals surface area contributed by atoms with Crippen molar-refractivity contribution in [1.82, 2.24) is 20.2 Å². The maximum atomic E-state index is 13.8. The summed E-state index contributed by atoms with van der Waals surface area (Å²) < 4.78 is 18.9. The van der Waals surface area contributed by atoms with E-state index in [9.17, 15) is 14.0 Å². The number of amides is 3. The summed E-state index contributed by atoms with van der Waals surface area (Å²) in [4.78, 5) is 32.4. The van der Waals surface area contributed by atoms with Crippen LogP contribution in [0.25, 0.3) is 0 Å². The first kappa shape index (κ1) is 22.1. The molecule has 0 bridgehead atoms. The van der Waals surface area contributed by atoms with Crippen LogP contribution in [0.3, 0.4) is 0 Å². The molecule has 0 radical (unpaired) electrons. The number of amidine groups is 1. The summed E-state index contributed by atoms with van der Waals surface area (Å²) >= 11 is 0. The van der Waals surface area contributed by atoms with Crippen molar-refractivity contribution in [2.24, 2.45) is 0 Å². The van der Waals surface area contributed by atoms with Crippen molar-refractivity contribution < 1.29 is 18.7 Å². The van der Waals surface area contributed by atoms with Crippen LogP contribution in [0.2, 0.25) is 0 Å². The van der Waals surface area contributed by atoms with Crippen molar-refractivity contribution >= 4 is 29.7 Å². The second-order valence-electron chi connectivity index (χ2n) is 6.51. The van der Waals surface area contributed by atoms with E-state index in [1.807, 2.05) is 0 Å². The van der Waals surface area contributed by atoms with Crippen LogP contribution in [0.15, 0.2) is 6.20 Å². The molecule has 0 fully saturated rings. The van der Waals surface area contributed by atoms with Gasteiger partial charge in [0.25, 0.3) is 0 Å². The number of urea groups is 1. The van der Waals surface area contributed by atoms with Gasteiger partial charge in [0.05, 0.1) is 6.20 Å². The summed E-state index contributed by atoms with van der Waals surface area (Å²) in [6, 6.07) is -0.667. The number of carbonyl (C=O) groups excluding carboxylic acids is 2. The maximum absolute atomic E-state index is 13.8. The van der Waals surface area contributed by atoms with Crippen molar-refractivity contribution in [2.75, 3.05) is 30.3 Å². The summed E-state index contributed by atoms with van der Waals surface area (Å²) in [7, 11) is 0. The van der Waals surface area contributed by atoms with Crippen molar-refractivity contribution in [3.05, 3.63) is 12.0 Å². The average molecular weight is 383 g/mol. The number of aromatic nitrogens is 2. The predicted molar refractivity (Wildman–Crippen MR) is 99.5 cm³/mol. The van der Waals surface area contributed by atoms with Gasteiger partial charge in [-0.25, -0.2) is 19.0 Å². The molecule has 0 spiro atoms. The highest BCUT2D eigenvalue weighted by molar-refractivity contribution is 6.01. The highest BCUT2D eigenvalue weighted by atomic mass is 19.1. The van der Waals surface area contributed by atoms with E-state index in [1.165, 1.54) is 6.92 Å². The lowest BCUT2D eigenvalue weighted by Crippen LogP contribution is -2.38. The minimum Gasteiger partial charge on any atom is -0.444 e. The molecule has 0 saturated carbocycles. The molecule has 11 heteroatoms. The van der Waals surface area contributed by atoms with Gasteiger partial charge in [-0.3, -0.25) is 15.6 Å². The van der Waals surface area contributed by atoms with Crippen LogP contribution < -0.4 is 16.0 Å². The Kier molecular flexibility index (Phi) is 7.88. The number of hydrogen-bond donors (Lipinski definition) is 4. The van der Waals surface area contributed by atoms with E-state index in [4.69, 9.17) is 10.1 Å². The van der Waals surface area contributed by atoms with Gasteiger partial charge in [-0.2, -0.15) is 4.98 Å². The molecule has 0 aliphatic carbocycles. The minimum absolute atomic E-state index is 0.0241. The van der Waals surface area contributed by atoms with E-state index in [2.05, 4.69) is 25.9 Å². The van der Waals surface area contributed by atoms with Crippen molar-refractivity contribution in [3.8, 4) is 0 Å². The molecule has 1 rings (SSSR count). The molecule has 4 N–H and O–H groups in total. The summed E-state index contributed by atoms with van der Waals surface area (Å²) in [6.45, 7) is 9.16. The topological polar surface area (TPSA) is 132 Å². The Morgan fingerprint density at radius 1 is 1.33 bits per heavy atom. The number of ether oxygens (including phenoxy) is 1. The zero-order valence-corrected chi connectivity index (χ0v) is 16.1. The van der Waals surface area contributed by atoms with Gasteiger partial charge in [0.1, 0.15) is 11.4 Å². The number of alkyl carbamates (subject to hydrolysis) is 1. The summed E-state index contributed by atoms with van der Waals surface area (Å²) in [6.07, 6.45) is 0.360. The summed E-state index contributed by atoms with van der Waals surface area (Å²) in [5.41, 5.74) is -0.591. The zero-order valence-electron chi connectivity index (χ0n) is 16.1. The van der Waals surface area contributed by atoms with Gasteiger partial charge in [0, 0.05) is 19.6 Å². The van der Waals surface area contributed by atoms with Crippen LogP contribution in [0.1, 0.15) is 34.6 Å². The Morgan fingerprint density at radius 3 is 2.56 bits per heavy atom. The van der Waals surface area contributed by atoms with Gasteiger partial charge in [0.15, 0.2) is 11.6 Å². The Bertz CT molecular complexity index is 691. The molecule has 0 aliphatic heterocycles. The highest BCUT2D eigenvalue weighted by Gasteiger charge is 2.17. The summed E-state index contributed by atoms with van der Waals surface area (Å²) in [5.74, 6) is -1.01. The van der Waals surface area contributed by atoms with E-state index in [0.717, 1.165) is 11.1 Å². The van der Waals surface area contributed by atoms with Crippen LogP contribution in [0.4, 0.5) is 25.7 Å². The molecule has 0 atom stereocenters. The van der Waals surface area contributed by atoms with Gasteiger partial charge in [-0.15, -0.1) is 0 Å². The first-order valence-electron chi connectivity index (χ1n) is 8.40. The number of nitrogens with zero attached hydrogens (tertiary/aromatic N) is 3. The van der Waals surface area contributed by atoms with Crippen LogP contribution >= 0.6 is 0 Å². The molecule has 1 aromatic heterocycles. The van der Waals surface area contributed by atoms with Crippen molar-refractivity contribution in [2.45, 2.75) is 40.2 Å². The molecule has 0 aliphatic rings. The molecule has 0 unspecified atom stereocenters. The van der Waals surface area contributed by atoms with Crippen molar-refractivity contribution in [3.63, 3.8) is 0 Å². The monoisotopic (exact) mass is 383 g/mol. The lowest BCUT2D eigenvalue weighted by atomic mass is 10.2. The molecular formula is C16H26FN7O3. The molecule has 27 heavy (non-hydrogen) atoms. The van der Waals surface area contributed by atoms with Crippen LogP contribution in [-0.4, -0.2) is 58.1 Å². The Hall–Kier alpha value is -2.98. The molecule has 150 valence electrons. The van der Waals surface area contributed by atoms with Gasteiger partial charge in [-0.1, -0.05) is 0 Å². The second-order valence-corrected chi connectivity index (χ2v) is 6.51. The minimum atomic E-state index is -0.806. The van der Waals surface area contributed by atoms with Crippen molar-refractivity contribution in [1.29, 1.82) is 5.41 Å². The quantitative estimate of drug-likeness (QED) is 0.339. The van der Waals surface area contributed by atoms with E-state index in [0.29, 0.717) is 0 Å². The van der Waals surface area contributed by atoms with Crippen LogP contribution in [0.5, 0.6) is 0 Å². The summed E-state index contributed by atoms with van der Waals surface area (Å²) in [5, 5.41) is 15.2. The average Bonchev–Trinajstić information content (AvgIpc) is 2.53. The van der Waals surface area contributed by atoms with Crippen LogP contribution in [0, 0.1) is 11.2 Å². The lowest BCUT2D eigenvalue weighted by Gasteiger charge is -2.20. The van der Waals surface area contributed by atoms with Gasteiger partial charge >= 0.3 is 12.1 Å². The Balaban J connectivity index is 2.59. The fourth-order valence-corrected chi connectivity index (χ4v) is 1.89. The standard InChI is InChI=1S/C16H26FN7O3/c1-6-24(10(2)18)14(25)23-12-11(17)9-21-13(22-12)19-7-8-20-15(26)27-16(3,4)5/h9,18H,6-8H2,1-5H3,(H,20,26)(H2,19,21,22,23,25). The fourth-order valence-electron chi connectivity index (χ4n) is 1.89. The third kappa shape index (κ3) is 7.84. The largest absolute Gasteiger partial charge is 0.444 e. The SMILES string of the molecule is CCN(C(C)=N)C(=O)Nc1nc(NCCNC(=O)OC(C)(C)C)ncc1F. The van der Waals surface area contributed by atoms with E-state index < -0.39 is 23.5 Å². The molecular weight excluding hydrogens is 357 g/mol. The van der Waals surface area contributed by atoms with E-state index in [-0.39, 0.29) is 37.2 Å². The van der Waals surface area contributed by atoms with Gasteiger partial charge in [-0.05, 0) is 34.6 Å². The van der Waals surface area contributed by atoms with Gasteiger partial charge in [0.2, 0.25) is 5.95 Å². The number of hydrogen-bond acceptors (Lipinski definition) is 7. The molecule has 0 saturated heterocycles. The molecule has 0 aromatic carbocycles. The number of nitrogens with one attached hydrogen (secondary N) is 4. The normalized spacial score (nSPS) is 10.7. The number of carbonyl (C=O) groups is 2. The van der Waals surface area contributed by atoms with E-state index >= 15 is 0 Å². The maximum Gasteiger partial charge on any atom is 0.407 e. The van der Waals surface area contributed by atoms with E-state index in [1.54, 1.807) is 27.7 Å².